The molecule has 0 saturated heterocycles. The van der Waals surface area contributed by atoms with Gasteiger partial charge < -0.3 is 10.2 Å². The molecule has 0 atom stereocenters. The van der Waals surface area contributed by atoms with Gasteiger partial charge in [0.15, 0.2) is 11.5 Å². The Kier molecular flexibility index (Phi) is 2.23. The number of thiazole rings is 1. The van der Waals surface area contributed by atoms with Gasteiger partial charge in [0.25, 0.3) is 0 Å². The molecule has 4 heteroatoms. The predicted octanol–water partition coefficient (Wildman–Crippen LogP) is 3.37. The summed E-state index contributed by atoms with van der Waals surface area (Å²) in [7, 11) is 0. The van der Waals surface area contributed by atoms with E-state index in [4.69, 9.17) is 0 Å². The summed E-state index contributed by atoms with van der Waals surface area (Å²) in [5, 5.41) is 19.7. The minimum Gasteiger partial charge on any atom is -0.504 e. The van der Waals surface area contributed by atoms with Gasteiger partial charge in [0, 0.05) is 17.7 Å². The van der Waals surface area contributed by atoms with Crippen LogP contribution in [0.15, 0.2) is 42.5 Å². The third-order valence-corrected chi connectivity index (χ3v) is 3.57. The molecule has 0 aliphatic rings. The highest BCUT2D eigenvalue weighted by Gasteiger charge is 2.09. The van der Waals surface area contributed by atoms with Crippen molar-refractivity contribution in [3.05, 3.63) is 42.5 Å². The first-order valence-electron chi connectivity index (χ1n) is 5.12. The number of phenols is 2. The molecule has 0 radical (unpaired) electrons. The second kappa shape index (κ2) is 3.75. The first kappa shape index (κ1) is 10.1. The molecule has 0 fully saturated rings. The second-order valence-electron chi connectivity index (χ2n) is 3.69. The minimum atomic E-state index is -0.137. The molecule has 0 bridgehead atoms. The van der Waals surface area contributed by atoms with Gasteiger partial charge in [-0.15, -0.1) is 11.3 Å². The third kappa shape index (κ3) is 1.72. The van der Waals surface area contributed by atoms with Gasteiger partial charge >= 0.3 is 0 Å². The molecule has 0 aliphatic heterocycles. The standard InChI is InChI=1S/C13H9NO2S/c15-10-6-9-12(7-11(10)16)17-13(14-9)8-4-2-1-3-5-8/h1-7,15-16H. The smallest absolute Gasteiger partial charge is 0.159 e. The Morgan fingerprint density at radius 2 is 1.65 bits per heavy atom. The fraction of sp³-hybridized carbons (Fsp3) is 0. The van der Waals surface area contributed by atoms with Crippen molar-refractivity contribution < 1.29 is 10.2 Å². The number of phenolic OH excluding ortho intramolecular Hbond substituents is 2. The van der Waals surface area contributed by atoms with E-state index in [1.807, 2.05) is 30.3 Å². The number of benzene rings is 2. The number of hydrogen-bond acceptors (Lipinski definition) is 4. The lowest BCUT2D eigenvalue weighted by Gasteiger charge is -1.94. The van der Waals surface area contributed by atoms with Crippen LogP contribution in [-0.2, 0) is 0 Å². The van der Waals surface area contributed by atoms with Gasteiger partial charge in [-0.1, -0.05) is 30.3 Å². The largest absolute Gasteiger partial charge is 0.504 e. The molecular formula is C13H9NO2S. The van der Waals surface area contributed by atoms with Crippen LogP contribution in [0.5, 0.6) is 11.5 Å². The average molecular weight is 243 g/mol. The SMILES string of the molecule is Oc1cc2nc(-c3ccccc3)sc2cc1O. The molecule has 1 aromatic heterocycles. The highest BCUT2D eigenvalue weighted by Crippen LogP contribution is 2.36. The quantitative estimate of drug-likeness (QED) is 0.644. The van der Waals surface area contributed by atoms with Crippen molar-refractivity contribution >= 4 is 21.6 Å². The Balaban J connectivity index is 2.21. The van der Waals surface area contributed by atoms with Crippen LogP contribution in [0, 0.1) is 0 Å². The monoisotopic (exact) mass is 243 g/mol. The number of nitrogens with zero attached hydrogens (tertiary/aromatic N) is 1. The molecule has 3 nitrogen and oxygen atoms in total. The lowest BCUT2D eigenvalue weighted by Crippen LogP contribution is -1.74. The van der Waals surface area contributed by atoms with E-state index in [0.29, 0.717) is 5.52 Å². The Morgan fingerprint density at radius 3 is 2.41 bits per heavy atom. The van der Waals surface area contributed by atoms with Crippen LogP contribution >= 0.6 is 11.3 Å². The van der Waals surface area contributed by atoms with Gasteiger partial charge in [0.05, 0.1) is 10.2 Å². The van der Waals surface area contributed by atoms with E-state index >= 15 is 0 Å². The van der Waals surface area contributed by atoms with E-state index in [9.17, 15) is 10.2 Å². The summed E-state index contributed by atoms with van der Waals surface area (Å²) in [6, 6.07) is 12.8. The van der Waals surface area contributed by atoms with E-state index < -0.39 is 0 Å². The van der Waals surface area contributed by atoms with Gasteiger partial charge in [-0.25, -0.2) is 4.98 Å². The zero-order valence-electron chi connectivity index (χ0n) is 8.79. The third-order valence-electron chi connectivity index (χ3n) is 2.51. The molecule has 84 valence electrons. The Hall–Kier alpha value is -2.07. The predicted molar refractivity (Wildman–Crippen MR) is 68.4 cm³/mol. The van der Waals surface area contributed by atoms with Gasteiger partial charge in [0.2, 0.25) is 0 Å². The van der Waals surface area contributed by atoms with E-state index in [1.165, 1.54) is 23.5 Å². The highest BCUT2D eigenvalue weighted by molar-refractivity contribution is 7.21. The van der Waals surface area contributed by atoms with Crippen molar-refractivity contribution in [1.29, 1.82) is 0 Å². The normalized spacial score (nSPS) is 10.8. The van der Waals surface area contributed by atoms with Crippen LogP contribution in [0.3, 0.4) is 0 Å². The van der Waals surface area contributed by atoms with E-state index in [1.54, 1.807) is 0 Å². The van der Waals surface area contributed by atoms with Crippen LogP contribution in [-0.4, -0.2) is 15.2 Å². The van der Waals surface area contributed by atoms with E-state index in [2.05, 4.69) is 4.98 Å². The topological polar surface area (TPSA) is 53.4 Å². The summed E-state index contributed by atoms with van der Waals surface area (Å²) in [5.74, 6) is -0.247. The fourth-order valence-electron chi connectivity index (χ4n) is 1.66. The van der Waals surface area contributed by atoms with Gasteiger partial charge in [0.1, 0.15) is 5.01 Å². The second-order valence-corrected chi connectivity index (χ2v) is 4.72. The number of fused-ring (bicyclic) bond motifs is 1. The van der Waals surface area contributed by atoms with Crippen molar-refractivity contribution in [2.24, 2.45) is 0 Å². The van der Waals surface area contributed by atoms with Crippen LogP contribution < -0.4 is 0 Å². The molecule has 2 aromatic carbocycles. The van der Waals surface area contributed by atoms with Gasteiger partial charge in [-0.2, -0.15) is 0 Å². The maximum absolute atomic E-state index is 9.43. The van der Waals surface area contributed by atoms with Gasteiger partial charge in [-0.05, 0) is 0 Å². The lowest BCUT2D eigenvalue weighted by atomic mass is 10.2. The van der Waals surface area contributed by atoms with Crippen molar-refractivity contribution in [2.45, 2.75) is 0 Å². The molecule has 2 N–H and O–H groups in total. The van der Waals surface area contributed by atoms with Crippen LogP contribution in [0.1, 0.15) is 0 Å². The molecule has 1 heterocycles. The summed E-state index contributed by atoms with van der Waals surface area (Å²) in [4.78, 5) is 4.43. The van der Waals surface area contributed by atoms with Crippen molar-refractivity contribution in [1.82, 2.24) is 4.98 Å². The number of hydrogen-bond donors (Lipinski definition) is 2. The zero-order valence-corrected chi connectivity index (χ0v) is 9.61. The molecule has 0 amide bonds. The number of rotatable bonds is 1. The highest BCUT2D eigenvalue weighted by atomic mass is 32.1. The molecule has 17 heavy (non-hydrogen) atoms. The first-order valence-corrected chi connectivity index (χ1v) is 5.93. The molecule has 3 rings (SSSR count). The van der Waals surface area contributed by atoms with Crippen molar-refractivity contribution in [3.8, 4) is 22.1 Å². The first-order chi connectivity index (χ1) is 8.24. The summed E-state index contributed by atoms with van der Waals surface area (Å²) in [6.07, 6.45) is 0. The number of aromatic hydroxyl groups is 2. The minimum absolute atomic E-state index is 0.110. The summed E-state index contributed by atoms with van der Waals surface area (Å²) >= 11 is 1.49. The molecule has 3 aromatic rings. The maximum atomic E-state index is 9.43. The Morgan fingerprint density at radius 1 is 0.941 bits per heavy atom. The van der Waals surface area contributed by atoms with Crippen LogP contribution in [0.25, 0.3) is 20.8 Å². The van der Waals surface area contributed by atoms with E-state index in [-0.39, 0.29) is 11.5 Å². The van der Waals surface area contributed by atoms with Gasteiger partial charge in [-0.3, -0.25) is 0 Å². The lowest BCUT2D eigenvalue weighted by molar-refractivity contribution is 0.405. The molecular weight excluding hydrogens is 234 g/mol. The summed E-state index contributed by atoms with van der Waals surface area (Å²) < 4.78 is 0.860. The summed E-state index contributed by atoms with van der Waals surface area (Å²) in [5.41, 5.74) is 1.73. The van der Waals surface area contributed by atoms with Crippen LogP contribution in [0.4, 0.5) is 0 Å². The maximum Gasteiger partial charge on any atom is 0.159 e. The molecule has 0 unspecified atom stereocenters. The molecule has 0 saturated carbocycles. The molecule has 0 aliphatic carbocycles. The molecule has 0 spiro atoms. The fourth-order valence-corrected chi connectivity index (χ4v) is 2.64. The van der Waals surface area contributed by atoms with Crippen molar-refractivity contribution in [3.63, 3.8) is 0 Å². The Labute approximate surface area is 102 Å². The van der Waals surface area contributed by atoms with E-state index in [0.717, 1.165) is 15.3 Å². The van der Waals surface area contributed by atoms with Crippen LogP contribution in [0.2, 0.25) is 0 Å². The van der Waals surface area contributed by atoms with Crippen molar-refractivity contribution in [2.75, 3.05) is 0 Å². The average Bonchev–Trinajstić information content (AvgIpc) is 2.74. The number of aromatic nitrogens is 1. The Bertz CT molecular complexity index is 637. The zero-order chi connectivity index (χ0) is 11.8. The summed E-state index contributed by atoms with van der Waals surface area (Å²) in [6.45, 7) is 0.